The molecular weight excluding hydrogens is 503 g/mol. The quantitative estimate of drug-likeness (QED) is 0.148. The smallest absolute Gasteiger partial charge is 0.207 e. The summed E-state index contributed by atoms with van der Waals surface area (Å²) in [5, 5.41) is 0. The largest absolute Gasteiger partial charge is 0.419 e. The zero-order chi connectivity index (χ0) is 28.0. The molecule has 0 nitrogen and oxygen atoms in total. The third-order valence-corrected chi connectivity index (χ3v) is 6.91. The summed E-state index contributed by atoms with van der Waals surface area (Å²) in [5.74, 6) is -1.98. The van der Waals surface area contributed by atoms with Crippen molar-refractivity contribution < 1.29 is 22.0 Å². The van der Waals surface area contributed by atoms with E-state index in [4.69, 9.17) is 0 Å². The second kappa shape index (κ2) is 12.4. The van der Waals surface area contributed by atoms with Gasteiger partial charge in [0.05, 0.1) is 5.56 Å². The molecule has 0 aromatic heterocycles. The molecule has 0 amide bonds. The fourth-order valence-corrected chi connectivity index (χ4v) is 4.65. The molecule has 0 atom stereocenters. The van der Waals surface area contributed by atoms with Crippen LogP contribution < -0.4 is 0 Å². The monoisotopic (exact) mass is 534 g/mol. The molecule has 0 saturated heterocycles. The standard InChI is InChI=1S/C34H31F5/c1-3-5-24-10-12-26(13-11-24)14-16-27-18-19-29(22-31(27)35)30-21-20-28(32(33(30)36)34(37,38)39)17-15-25-8-6-23(4-2)7-9-25/h6-13,15,17-22H,3-5,14,16H2,1-2H3/b17-15+. The first-order valence-electron chi connectivity index (χ1n) is 13.2. The summed E-state index contributed by atoms with van der Waals surface area (Å²) in [5.41, 5.74) is 2.70. The third-order valence-electron chi connectivity index (χ3n) is 6.91. The Morgan fingerprint density at radius 3 is 1.90 bits per heavy atom. The Bertz CT molecular complexity index is 1430. The maximum Gasteiger partial charge on any atom is 0.419 e. The lowest BCUT2D eigenvalue weighted by Crippen LogP contribution is -2.11. The van der Waals surface area contributed by atoms with Crippen molar-refractivity contribution >= 4 is 12.2 Å². The number of hydrogen-bond acceptors (Lipinski definition) is 0. The van der Waals surface area contributed by atoms with E-state index in [1.54, 1.807) is 12.1 Å². The summed E-state index contributed by atoms with van der Waals surface area (Å²) < 4.78 is 72.2. The van der Waals surface area contributed by atoms with Crippen LogP contribution in [-0.2, 0) is 31.9 Å². The number of aryl methyl sites for hydroxylation is 4. The number of rotatable bonds is 9. The Balaban J connectivity index is 1.57. The van der Waals surface area contributed by atoms with Crippen molar-refractivity contribution in [2.24, 2.45) is 0 Å². The minimum absolute atomic E-state index is 0.0638. The molecule has 0 heterocycles. The van der Waals surface area contributed by atoms with Gasteiger partial charge in [-0.1, -0.05) is 105 Å². The average Bonchev–Trinajstić information content (AvgIpc) is 2.92. The van der Waals surface area contributed by atoms with Crippen LogP contribution in [0.3, 0.4) is 0 Å². The number of benzene rings is 4. The summed E-state index contributed by atoms with van der Waals surface area (Å²) in [6.45, 7) is 4.13. The van der Waals surface area contributed by atoms with Crippen LogP contribution in [0.4, 0.5) is 22.0 Å². The molecule has 0 N–H and O–H groups in total. The summed E-state index contributed by atoms with van der Waals surface area (Å²) in [4.78, 5) is 0. The zero-order valence-electron chi connectivity index (χ0n) is 22.1. The number of halogens is 5. The van der Waals surface area contributed by atoms with Gasteiger partial charge in [0.15, 0.2) is 0 Å². The van der Waals surface area contributed by atoms with Crippen LogP contribution >= 0.6 is 0 Å². The second-order valence-electron chi connectivity index (χ2n) is 9.69. The molecule has 5 heteroatoms. The Morgan fingerprint density at radius 1 is 0.667 bits per heavy atom. The van der Waals surface area contributed by atoms with Gasteiger partial charge in [-0.15, -0.1) is 0 Å². The van der Waals surface area contributed by atoms with Gasteiger partial charge in [0.25, 0.3) is 0 Å². The minimum atomic E-state index is -4.92. The van der Waals surface area contributed by atoms with Crippen molar-refractivity contribution in [3.8, 4) is 11.1 Å². The third kappa shape index (κ3) is 7.03. The van der Waals surface area contributed by atoms with Gasteiger partial charge in [-0.25, -0.2) is 8.78 Å². The molecule has 4 aromatic carbocycles. The molecule has 0 saturated carbocycles. The van der Waals surface area contributed by atoms with E-state index in [1.165, 1.54) is 42.0 Å². The first-order valence-corrected chi connectivity index (χ1v) is 13.2. The molecule has 0 aliphatic heterocycles. The van der Waals surface area contributed by atoms with Crippen molar-refractivity contribution in [1.82, 2.24) is 0 Å². The van der Waals surface area contributed by atoms with Crippen molar-refractivity contribution in [2.75, 3.05) is 0 Å². The normalized spacial score (nSPS) is 11.9. The lowest BCUT2D eigenvalue weighted by molar-refractivity contribution is -0.140. The van der Waals surface area contributed by atoms with Crippen molar-refractivity contribution in [1.29, 1.82) is 0 Å². The predicted molar refractivity (Wildman–Crippen MR) is 149 cm³/mol. The maximum atomic E-state index is 15.4. The van der Waals surface area contributed by atoms with Gasteiger partial charge in [0.1, 0.15) is 11.6 Å². The van der Waals surface area contributed by atoms with E-state index in [9.17, 15) is 17.6 Å². The fourth-order valence-electron chi connectivity index (χ4n) is 4.65. The van der Waals surface area contributed by atoms with Gasteiger partial charge >= 0.3 is 6.18 Å². The fraction of sp³-hybridized carbons (Fsp3) is 0.235. The molecule has 0 aliphatic rings. The molecule has 202 valence electrons. The summed E-state index contributed by atoms with van der Waals surface area (Å²) in [6, 6.07) is 22.2. The van der Waals surface area contributed by atoms with E-state index in [-0.39, 0.29) is 16.7 Å². The van der Waals surface area contributed by atoms with Gasteiger partial charge in [-0.3, -0.25) is 0 Å². The first-order chi connectivity index (χ1) is 18.7. The molecule has 0 radical (unpaired) electrons. The molecule has 39 heavy (non-hydrogen) atoms. The van der Waals surface area contributed by atoms with Crippen LogP contribution in [0.1, 0.15) is 59.2 Å². The van der Waals surface area contributed by atoms with Crippen LogP contribution in [0.25, 0.3) is 23.3 Å². The first kappa shape index (κ1) is 28.3. The molecule has 0 unspecified atom stereocenters. The minimum Gasteiger partial charge on any atom is -0.207 e. The van der Waals surface area contributed by atoms with Crippen molar-refractivity contribution in [3.05, 3.63) is 129 Å². The molecule has 0 bridgehead atoms. The van der Waals surface area contributed by atoms with E-state index >= 15 is 4.39 Å². The second-order valence-corrected chi connectivity index (χ2v) is 9.69. The van der Waals surface area contributed by atoms with Gasteiger partial charge in [0, 0.05) is 5.56 Å². The summed E-state index contributed by atoms with van der Waals surface area (Å²) >= 11 is 0. The highest BCUT2D eigenvalue weighted by molar-refractivity contribution is 5.75. The maximum absolute atomic E-state index is 15.4. The average molecular weight is 535 g/mol. The van der Waals surface area contributed by atoms with Crippen LogP contribution in [0.2, 0.25) is 0 Å². The summed E-state index contributed by atoms with van der Waals surface area (Å²) in [7, 11) is 0. The van der Waals surface area contributed by atoms with Crippen LogP contribution in [0.5, 0.6) is 0 Å². The topological polar surface area (TPSA) is 0 Å². The van der Waals surface area contributed by atoms with Crippen molar-refractivity contribution in [2.45, 2.75) is 52.1 Å². The Morgan fingerprint density at radius 2 is 1.31 bits per heavy atom. The highest BCUT2D eigenvalue weighted by Gasteiger charge is 2.37. The lowest BCUT2D eigenvalue weighted by Gasteiger charge is -2.15. The van der Waals surface area contributed by atoms with E-state index in [2.05, 4.69) is 19.1 Å². The molecule has 4 rings (SSSR count). The highest BCUT2D eigenvalue weighted by atomic mass is 19.4. The van der Waals surface area contributed by atoms with Gasteiger partial charge in [-0.05, 0) is 70.7 Å². The molecule has 4 aromatic rings. The van der Waals surface area contributed by atoms with Crippen LogP contribution in [-0.4, -0.2) is 0 Å². The molecule has 0 aliphatic carbocycles. The lowest BCUT2D eigenvalue weighted by atomic mass is 9.95. The summed E-state index contributed by atoms with van der Waals surface area (Å²) in [6.07, 6.45) is 1.84. The van der Waals surface area contributed by atoms with E-state index in [1.807, 2.05) is 31.2 Å². The van der Waals surface area contributed by atoms with Crippen LogP contribution in [0, 0.1) is 11.6 Å². The van der Waals surface area contributed by atoms with Crippen molar-refractivity contribution in [3.63, 3.8) is 0 Å². The molecule has 0 spiro atoms. The van der Waals surface area contributed by atoms with E-state index < -0.39 is 23.4 Å². The van der Waals surface area contributed by atoms with E-state index in [0.717, 1.165) is 36.5 Å². The molecule has 0 fully saturated rings. The molecular formula is C34H31F5. The van der Waals surface area contributed by atoms with Gasteiger partial charge in [0.2, 0.25) is 0 Å². The Kier molecular flexibility index (Phi) is 9.01. The van der Waals surface area contributed by atoms with E-state index in [0.29, 0.717) is 24.0 Å². The van der Waals surface area contributed by atoms with Gasteiger partial charge < -0.3 is 0 Å². The number of alkyl halides is 3. The Labute approximate surface area is 226 Å². The van der Waals surface area contributed by atoms with Gasteiger partial charge in [-0.2, -0.15) is 13.2 Å². The SMILES string of the molecule is CCCc1ccc(CCc2ccc(-c3ccc(/C=C/c4ccc(CC)cc4)c(C(F)(F)F)c3F)cc2F)cc1. The van der Waals surface area contributed by atoms with Crippen LogP contribution in [0.15, 0.2) is 78.9 Å². The zero-order valence-corrected chi connectivity index (χ0v) is 22.1. The predicted octanol–water partition coefficient (Wildman–Crippen LogP) is 10.1. The number of hydrogen-bond donors (Lipinski definition) is 0. The Hall–Kier alpha value is -3.73. The highest BCUT2D eigenvalue weighted by Crippen LogP contribution is 2.39.